The molecule has 2 aliphatic rings. The minimum Gasteiger partial charge on any atom is -0.486 e. The van der Waals surface area contributed by atoms with Crippen molar-refractivity contribution < 1.29 is 19.0 Å². The van der Waals surface area contributed by atoms with Crippen molar-refractivity contribution in [3.63, 3.8) is 0 Å². The molecule has 1 saturated heterocycles. The summed E-state index contributed by atoms with van der Waals surface area (Å²) in [6.07, 6.45) is 1.10. The normalized spacial score (nSPS) is 21.0. The average molecular weight is 306 g/mol. The maximum Gasteiger partial charge on any atom is 0.240 e. The fourth-order valence-corrected chi connectivity index (χ4v) is 2.72. The van der Waals surface area contributed by atoms with Gasteiger partial charge in [0.2, 0.25) is 5.91 Å². The van der Waals surface area contributed by atoms with Gasteiger partial charge in [-0.3, -0.25) is 4.79 Å². The molecule has 1 aromatic rings. The molecule has 0 saturated carbocycles. The topological polar surface area (TPSA) is 82.8 Å². The maximum atomic E-state index is 12.4. The van der Waals surface area contributed by atoms with Crippen molar-refractivity contribution in [2.24, 2.45) is 5.73 Å². The summed E-state index contributed by atoms with van der Waals surface area (Å²) >= 11 is 0. The molecule has 0 bridgehead atoms. The number of hydrogen-bond acceptors (Lipinski definition) is 5. The Labute approximate surface area is 129 Å². The SMILES string of the molecule is CC(NC(=O)C1(N)CCOCC1)c1ccc2c(c1)OCCO2. The molecule has 6 heteroatoms. The lowest BCUT2D eigenvalue weighted by atomic mass is 9.90. The first kappa shape index (κ1) is 15.1. The van der Waals surface area contributed by atoms with Crippen LogP contribution in [0.4, 0.5) is 0 Å². The van der Waals surface area contributed by atoms with Crippen molar-refractivity contribution >= 4 is 5.91 Å². The van der Waals surface area contributed by atoms with E-state index in [0.29, 0.717) is 39.3 Å². The van der Waals surface area contributed by atoms with E-state index in [4.69, 9.17) is 19.9 Å². The smallest absolute Gasteiger partial charge is 0.240 e. The first-order chi connectivity index (χ1) is 10.6. The monoisotopic (exact) mass is 306 g/mol. The number of nitrogens with two attached hydrogens (primary N) is 1. The molecule has 3 rings (SSSR count). The third-order valence-electron chi connectivity index (χ3n) is 4.25. The van der Waals surface area contributed by atoms with Crippen molar-refractivity contribution in [3.8, 4) is 11.5 Å². The molecule has 2 aliphatic heterocycles. The molecule has 0 aromatic heterocycles. The summed E-state index contributed by atoms with van der Waals surface area (Å²) in [7, 11) is 0. The van der Waals surface area contributed by atoms with E-state index in [1.165, 1.54) is 0 Å². The van der Waals surface area contributed by atoms with E-state index < -0.39 is 5.54 Å². The van der Waals surface area contributed by atoms with E-state index in [1.807, 2.05) is 25.1 Å². The quantitative estimate of drug-likeness (QED) is 0.875. The molecule has 0 radical (unpaired) electrons. The third-order valence-corrected chi connectivity index (χ3v) is 4.25. The van der Waals surface area contributed by atoms with Crippen LogP contribution in [-0.2, 0) is 9.53 Å². The van der Waals surface area contributed by atoms with Gasteiger partial charge in [-0.15, -0.1) is 0 Å². The Morgan fingerprint density at radius 1 is 1.18 bits per heavy atom. The van der Waals surface area contributed by atoms with Crippen LogP contribution in [0.15, 0.2) is 18.2 Å². The number of carbonyl (C=O) groups is 1. The van der Waals surface area contributed by atoms with Crippen molar-refractivity contribution in [1.29, 1.82) is 0 Å². The Morgan fingerprint density at radius 3 is 2.59 bits per heavy atom. The highest BCUT2D eigenvalue weighted by molar-refractivity contribution is 5.86. The van der Waals surface area contributed by atoms with Gasteiger partial charge in [0.05, 0.1) is 11.6 Å². The van der Waals surface area contributed by atoms with E-state index in [-0.39, 0.29) is 11.9 Å². The minimum absolute atomic E-state index is 0.127. The van der Waals surface area contributed by atoms with E-state index in [0.717, 1.165) is 17.1 Å². The van der Waals surface area contributed by atoms with Crippen LogP contribution < -0.4 is 20.5 Å². The summed E-state index contributed by atoms with van der Waals surface area (Å²) in [5.74, 6) is 1.34. The van der Waals surface area contributed by atoms with Crippen molar-refractivity contribution in [3.05, 3.63) is 23.8 Å². The largest absolute Gasteiger partial charge is 0.486 e. The predicted octanol–water partition coefficient (Wildman–Crippen LogP) is 1.14. The number of benzene rings is 1. The molecule has 0 aliphatic carbocycles. The first-order valence-corrected chi connectivity index (χ1v) is 7.66. The van der Waals surface area contributed by atoms with E-state index in [9.17, 15) is 4.79 Å². The zero-order valence-electron chi connectivity index (χ0n) is 12.8. The van der Waals surface area contributed by atoms with Gasteiger partial charge in [0.1, 0.15) is 13.2 Å². The molecule has 1 aromatic carbocycles. The first-order valence-electron chi connectivity index (χ1n) is 7.66. The summed E-state index contributed by atoms with van der Waals surface area (Å²) in [4.78, 5) is 12.4. The Bertz CT molecular complexity index is 555. The number of carbonyl (C=O) groups excluding carboxylic acids is 1. The predicted molar refractivity (Wildman–Crippen MR) is 81.0 cm³/mol. The molecule has 2 heterocycles. The van der Waals surface area contributed by atoms with Crippen LogP contribution in [0.25, 0.3) is 0 Å². The van der Waals surface area contributed by atoms with Crippen molar-refractivity contribution in [2.75, 3.05) is 26.4 Å². The summed E-state index contributed by atoms with van der Waals surface area (Å²) in [5, 5.41) is 3.00. The molecular weight excluding hydrogens is 284 g/mol. The lowest BCUT2D eigenvalue weighted by Gasteiger charge is -2.33. The summed E-state index contributed by atoms with van der Waals surface area (Å²) < 4.78 is 16.4. The highest BCUT2D eigenvalue weighted by atomic mass is 16.6. The zero-order chi connectivity index (χ0) is 15.6. The lowest BCUT2D eigenvalue weighted by Crippen LogP contribution is -2.57. The molecule has 22 heavy (non-hydrogen) atoms. The minimum atomic E-state index is -0.833. The van der Waals surface area contributed by atoms with E-state index >= 15 is 0 Å². The number of hydrogen-bond donors (Lipinski definition) is 2. The fraction of sp³-hybridized carbons (Fsp3) is 0.562. The molecule has 1 unspecified atom stereocenters. The molecule has 1 amide bonds. The second-order valence-electron chi connectivity index (χ2n) is 5.87. The number of nitrogens with one attached hydrogen (secondary N) is 1. The Balaban J connectivity index is 1.68. The van der Waals surface area contributed by atoms with Gasteiger partial charge in [-0.25, -0.2) is 0 Å². The molecule has 3 N–H and O–H groups in total. The number of amides is 1. The van der Waals surface area contributed by atoms with Crippen LogP contribution in [0.3, 0.4) is 0 Å². The van der Waals surface area contributed by atoms with Gasteiger partial charge < -0.3 is 25.3 Å². The van der Waals surface area contributed by atoms with Crippen molar-refractivity contribution in [1.82, 2.24) is 5.32 Å². The molecule has 120 valence electrons. The van der Waals surface area contributed by atoms with Gasteiger partial charge >= 0.3 is 0 Å². The average Bonchev–Trinajstić information content (AvgIpc) is 2.55. The standard InChI is InChI=1S/C16H22N2O4/c1-11(18-15(19)16(17)4-6-20-7-5-16)12-2-3-13-14(10-12)22-9-8-21-13/h2-3,10-11H,4-9,17H2,1H3,(H,18,19). The highest BCUT2D eigenvalue weighted by Gasteiger charge is 2.36. The van der Waals surface area contributed by atoms with Crippen LogP contribution in [0.5, 0.6) is 11.5 Å². The maximum absolute atomic E-state index is 12.4. The van der Waals surface area contributed by atoms with Gasteiger partial charge in [0, 0.05) is 13.2 Å². The van der Waals surface area contributed by atoms with Crippen LogP contribution in [0.1, 0.15) is 31.4 Å². The lowest BCUT2D eigenvalue weighted by molar-refractivity contribution is -0.130. The van der Waals surface area contributed by atoms with E-state index in [2.05, 4.69) is 5.32 Å². The molecule has 1 atom stereocenters. The zero-order valence-corrected chi connectivity index (χ0v) is 12.8. The molecule has 0 spiro atoms. The Morgan fingerprint density at radius 2 is 1.86 bits per heavy atom. The fourth-order valence-electron chi connectivity index (χ4n) is 2.72. The van der Waals surface area contributed by atoms with Gasteiger partial charge in [-0.1, -0.05) is 6.07 Å². The Hall–Kier alpha value is -1.79. The van der Waals surface area contributed by atoms with Crippen LogP contribution in [0, 0.1) is 0 Å². The molecule has 6 nitrogen and oxygen atoms in total. The Kier molecular flexibility index (Phi) is 4.22. The third kappa shape index (κ3) is 3.03. The van der Waals surface area contributed by atoms with Crippen LogP contribution in [0.2, 0.25) is 0 Å². The number of rotatable bonds is 3. The molecular formula is C16H22N2O4. The second kappa shape index (κ2) is 6.14. The van der Waals surface area contributed by atoms with Gasteiger partial charge in [-0.05, 0) is 37.5 Å². The van der Waals surface area contributed by atoms with Gasteiger partial charge in [0.25, 0.3) is 0 Å². The number of ether oxygens (including phenoxy) is 3. The van der Waals surface area contributed by atoms with E-state index in [1.54, 1.807) is 0 Å². The number of fused-ring (bicyclic) bond motifs is 1. The van der Waals surface area contributed by atoms with Crippen LogP contribution >= 0.6 is 0 Å². The summed E-state index contributed by atoms with van der Waals surface area (Å²) in [5.41, 5.74) is 6.34. The summed E-state index contributed by atoms with van der Waals surface area (Å²) in [6, 6.07) is 5.57. The molecule has 1 fully saturated rings. The van der Waals surface area contributed by atoms with Crippen molar-refractivity contribution in [2.45, 2.75) is 31.3 Å². The van der Waals surface area contributed by atoms with Crippen LogP contribution in [-0.4, -0.2) is 37.9 Å². The highest BCUT2D eigenvalue weighted by Crippen LogP contribution is 2.32. The summed E-state index contributed by atoms with van der Waals surface area (Å²) in [6.45, 7) is 4.11. The second-order valence-corrected chi connectivity index (χ2v) is 5.87. The van der Waals surface area contributed by atoms with Gasteiger partial charge in [-0.2, -0.15) is 0 Å². The van der Waals surface area contributed by atoms with Gasteiger partial charge in [0.15, 0.2) is 11.5 Å².